The van der Waals surface area contributed by atoms with Gasteiger partial charge in [0.25, 0.3) is 15.9 Å². The zero-order valence-corrected chi connectivity index (χ0v) is 15.7. The molecule has 0 bridgehead atoms. The molecule has 1 unspecified atom stereocenters. The van der Waals surface area contributed by atoms with E-state index in [-0.39, 0.29) is 29.3 Å². The molecule has 3 rings (SSSR count). The van der Waals surface area contributed by atoms with Crippen LogP contribution in [0, 0.1) is 5.92 Å². The largest absolute Gasteiger partial charge is 0.350 e. The van der Waals surface area contributed by atoms with Crippen LogP contribution in [0.1, 0.15) is 23.2 Å². The van der Waals surface area contributed by atoms with Gasteiger partial charge in [-0.25, -0.2) is 8.42 Å². The highest BCUT2D eigenvalue weighted by Crippen LogP contribution is 2.31. The van der Waals surface area contributed by atoms with Gasteiger partial charge in [0.15, 0.2) is 0 Å². The minimum Gasteiger partial charge on any atom is -0.350 e. The number of carbonyl (C=O) groups is 1. The Kier molecular flexibility index (Phi) is 6.63. The van der Waals surface area contributed by atoms with Crippen LogP contribution in [-0.2, 0) is 10.0 Å². The molecule has 0 saturated heterocycles. The highest BCUT2D eigenvalue weighted by molar-refractivity contribution is 7.92. The highest BCUT2D eigenvalue weighted by Gasteiger charge is 2.28. The summed E-state index contributed by atoms with van der Waals surface area (Å²) in [6, 6.07) is 14.4. The topological polar surface area (TPSA) is 101 Å². The van der Waals surface area contributed by atoms with Crippen molar-refractivity contribution in [1.29, 1.82) is 0 Å². The van der Waals surface area contributed by atoms with E-state index >= 15 is 0 Å². The zero-order valence-electron chi connectivity index (χ0n) is 14.1. The summed E-state index contributed by atoms with van der Waals surface area (Å²) >= 11 is 0. The number of hydrogen-bond acceptors (Lipinski definition) is 4. The van der Waals surface area contributed by atoms with Gasteiger partial charge >= 0.3 is 0 Å². The lowest BCUT2D eigenvalue weighted by Gasteiger charge is -2.12. The van der Waals surface area contributed by atoms with Gasteiger partial charge in [-0.15, -0.1) is 12.4 Å². The molecule has 1 atom stereocenters. The van der Waals surface area contributed by atoms with Crippen molar-refractivity contribution in [2.45, 2.75) is 23.8 Å². The molecular weight excluding hydrogens is 374 g/mol. The summed E-state index contributed by atoms with van der Waals surface area (Å²) in [6.45, 7) is 0.450. The molecule has 0 radical (unpaired) electrons. The Morgan fingerprint density at radius 1 is 1.08 bits per heavy atom. The van der Waals surface area contributed by atoms with E-state index in [1.165, 1.54) is 12.1 Å². The number of halogens is 1. The normalized spacial score (nSPS) is 14.8. The van der Waals surface area contributed by atoms with Crippen molar-refractivity contribution in [2.75, 3.05) is 11.3 Å². The molecule has 8 heteroatoms. The number of carbonyl (C=O) groups excluding carboxylic acids is 1. The van der Waals surface area contributed by atoms with E-state index in [0.29, 0.717) is 23.7 Å². The van der Waals surface area contributed by atoms with Crippen LogP contribution in [0.3, 0.4) is 0 Å². The van der Waals surface area contributed by atoms with E-state index in [0.717, 1.165) is 12.8 Å². The molecule has 0 aromatic heterocycles. The molecule has 2 aromatic rings. The molecule has 1 amide bonds. The summed E-state index contributed by atoms with van der Waals surface area (Å²) in [6.07, 6.45) is 2.26. The highest BCUT2D eigenvalue weighted by atomic mass is 35.5. The van der Waals surface area contributed by atoms with Gasteiger partial charge in [0, 0.05) is 23.8 Å². The van der Waals surface area contributed by atoms with Crippen molar-refractivity contribution in [3.8, 4) is 0 Å². The predicted octanol–water partition coefficient (Wildman–Crippen LogP) is 2.38. The van der Waals surface area contributed by atoms with E-state index in [4.69, 9.17) is 5.73 Å². The number of benzene rings is 2. The van der Waals surface area contributed by atoms with Gasteiger partial charge in [0.1, 0.15) is 0 Å². The van der Waals surface area contributed by atoms with Gasteiger partial charge in [-0.2, -0.15) is 0 Å². The van der Waals surface area contributed by atoms with Gasteiger partial charge in [0.2, 0.25) is 0 Å². The van der Waals surface area contributed by atoms with Crippen molar-refractivity contribution >= 4 is 34.0 Å². The van der Waals surface area contributed by atoms with Gasteiger partial charge in [-0.05, 0) is 55.2 Å². The number of hydrogen-bond donors (Lipinski definition) is 3. The maximum Gasteiger partial charge on any atom is 0.261 e. The van der Waals surface area contributed by atoms with Gasteiger partial charge < -0.3 is 11.1 Å². The first kappa shape index (κ1) is 20.2. The summed E-state index contributed by atoms with van der Waals surface area (Å²) in [5, 5.41) is 2.81. The van der Waals surface area contributed by atoms with Crippen LogP contribution in [0.25, 0.3) is 0 Å². The number of rotatable bonds is 7. The molecule has 6 nitrogen and oxygen atoms in total. The molecular formula is C18H22ClN3O3S. The van der Waals surface area contributed by atoms with Crippen molar-refractivity contribution < 1.29 is 13.2 Å². The maximum absolute atomic E-state index is 12.3. The first-order valence-electron chi connectivity index (χ1n) is 8.17. The quantitative estimate of drug-likeness (QED) is 0.669. The molecule has 1 aliphatic carbocycles. The number of anilines is 1. The average Bonchev–Trinajstić information content (AvgIpc) is 3.46. The van der Waals surface area contributed by atoms with Crippen molar-refractivity contribution in [1.82, 2.24) is 5.32 Å². The van der Waals surface area contributed by atoms with Crippen LogP contribution in [0.2, 0.25) is 0 Å². The standard InChI is InChI=1S/C18H21N3O3S.ClH/c19-17(13-6-7-13)12-20-18(22)14-8-10-15(11-9-14)21-25(23,24)16-4-2-1-3-5-16;/h1-5,8-11,13,17,21H,6-7,12,19H2,(H,20,22);1H. The minimum atomic E-state index is -3.64. The van der Waals surface area contributed by atoms with Crippen molar-refractivity contribution in [3.63, 3.8) is 0 Å². The van der Waals surface area contributed by atoms with Crippen LogP contribution in [-0.4, -0.2) is 26.9 Å². The Morgan fingerprint density at radius 3 is 2.27 bits per heavy atom. The average molecular weight is 396 g/mol. The van der Waals surface area contributed by atoms with Crippen LogP contribution in [0.4, 0.5) is 5.69 Å². The fourth-order valence-corrected chi connectivity index (χ4v) is 3.59. The van der Waals surface area contributed by atoms with Crippen LogP contribution in [0.15, 0.2) is 59.5 Å². The van der Waals surface area contributed by atoms with E-state index in [2.05, 4.69) is 10.0 Å². The first-order chi connectivity index (χ1) is 12.0. The molecule has 2 aromatic carbocycles. The minimum absolute atomic E-state index is 0. The molecule has 0 aliphatic heterocycles. The lowest BCUT2D eigenvalue weighted by atomic mass is 10.1. The Hall–Kier alpha value is -2.09. The fourth-order valence-electron chi connectivity index (χ4n) is 2.51. The maximum atomic E-state index is 12.3. The van der Waals surface area contributed by atoms with Crippen LogP contribution in [0.5, 0.6) is 0 Å². The molecule has 0 spiro atoms. The zero-order chi connectivity index (χ0) is 17.9. The summed E-state index contributed by atoms with van der Waals surface area (Å²) in [4.78, 5) is 12.3. The molecule has 140 valence electrons. The van der Waals surface area contributed by atoms with E-state index < -0.39 is 10.0 Å². The second-order valence-corrected chi connectivity index (χ2v) is 7.89. The second kappa shape index (κ2) is 8.53. The van der Waals surface area contributed by atoms with Crippen LogP contribution >= 0.6 is 12.4 Å². The van der Waals surface area contributed by atoms with Gasteiger partial charge in [-0.1, -0.05) is 18.2 Å². The number of amides is 1. The molecule has 26 heavy (non-hydrogen) atoms. The second-order valence-electron chi connectivity index (χ2n) is 6.21. The predicted molar refractivity (Wildman–Crippen MR) is 104 cm³/mol. The summed E-state index contributed by atoms with van der Waals surface area (Å²) < 4.78 is 27.0. The lowest BCUT2D eigenvalue weighted by molar-refractivity contribution is 0.0950. The molecule has 1 fully saturated rings. The summed E-state index contributed by atoms with van der Waals surface area (Å²) in [5.41, 5.74) is 6.82. The van der Waals surface area contributed by atoms with E-state index in [1.54, 1.807) is 42.5 Å². The smallest absolute Gasteiger partial charge is 0.261 e. The van der Waals surface area contributed by atoms with Gasteiger partial charge in [0.05, 0.1) is 4.90 Å². The van der Waals surface area contributed by atoms with Gasteiger partial charge in [-0.3, -0.25) is 9.52 Å². The Bertz CT molecular complexity index is 838. The van der Waals surface area contributed by atoms with Crippen molar-refractivity contribution in [2.24, 2.45) is 11.7 Å². The fraction of sp³-hybridized carbons (Fsp3) is 0.278. The molecule has 4 N–H and O–H groups in total. The third-order valence-corrected chi connectivity index (χ3v) is 5.58. The molecule has 1 aliphatic rings. The third kappa shape index (κ3) is 5.20. The first-order valence-corrected chi connectivity index (χ1v) is 9.66. The number of nitrogens with one attached hydrogen (secondary N) is 2. The molecule has 1 saturated carbocycles. The number of sulfonamides is 1. The number of nitrogens with two attached hydrogens (primary N) is 1. The Morgan fingerprint density at radius 2 is 1.69 bits per heavy atom. The lowest BCUT2D eigenvalue weighted by Crippen LogP contribution is -2.38. The monoisotopic (exact) mass is 395 g/mol. The Balaban J connectivity index is 0.00000243. The third-order valence-electron chi connectivity index (χ3n) is 4.18. The van der Waals surface area contributed by atoms with E-state index in [1.807, 2.05) is 0 Å². The summed E-state index contributed by atoms with van der Waals surface area (Å²) in [5.74, 6) is 0.309. The summed E-state index contributed by atoms with van der Waals surface area (Å²) in [7, 11) is -3.64. The van der Waals surface area contributed by atoms with Crippen LogP contribution < -0.4 is 15.8 Å². The Labute approximate surface area is 159 Å². The van der Waals surface area contributed by atoms with E-state index in [9.17, 15) is 13.2 Å². The van der Waals surface area contributed by atoms with Crippen molar-refractivity contribution in [3.05, 3.63) is 60.2 Å². The molecule has 0 heterocycles. The SMILES string of the molecule is Cl.NC(CNC(=O)c1ccc(NS(=O)(=O)c2ccccc2)cc1)C1CC1.